The fourth-order valence-corrected chi connectivity index (χ4v) is 2.12. The lowest BCUT2D eigenvalue weighted by Crippen LogP contribution is -2.26. The van der Waals surface area contributed by atoms with Crippen LogP contribution in [-0.2, 0) is 18.5 Å². The Morgan fingerprint density at radius 3 is 2.62 bits per heavy atom. The third kappa shape index (κ3) is 1.72. The molecule has 0 radical (unpaired) electrons. The normalized spacial score (nSPS) is 16.9. The Morgan fingerprint density at radius 2 is 2.06 bits per heavy atom. The van der Waals surface area contributed by atoms with E-state index in [0.29, 0.717) is 0 Å². The van der Waals surface area contributed by atoms with Gasteiger partial charge in [0.1, 0.15) is 11.8 Å². The minimum Gasteiger partial charge on any atom is -0.300 e. The summed E-state index contributed by atoms with van der Waals surface area (Å²) in [4.78, 5) is 2.24. The maximum Gasteiger partial charge on any atom is 0.142 e. The highest BCUT2D eigenvalue weighted by Gasteiger charge is 2.27. The van der Waals surface area contributed by atoms with Gasteiger partial charge in [-0.15, -0.1) is 0 Å². The van der Waals surface area contributed by atoms with Gasteiger partial charge in [-0.05, 0) is 34.2 Å². The molecule has 1 aliphatic rings. The van der Waals surface area contributed by atoms with E-state index in [9.17, 15) is 5.26 Å². The van der Waals surface area contributed by atoms with E-state index in [1.165, 1.54) is 0 Å². The van der Waals surface area contributed by atoms with Crippen LogP contribution in [0.15, 0.2) is 0 Å². The van der Waals surface area contributed by atoms with Crippen LogP contribution in [0.5, 0.6) is 0 Å². The third-order valence-electron chi connectivity index (χ3n) is 2.97. The number of nitrogens with zero attached hydrogens (tertiary/aromatic N) is 4. The number of rotatable bonds is 0. The van der Waals surface area contributed by atoms with Gasteiger partial charge in [0, 0.05) is 18.7 Å². The van der Waals surface area contributed by atoms with E-state index in [2.05, 4.69) is 43.9 Å². The van der Waals surface area contributed by atoms with Gasteiger partial charge in [-0.2, -0.15) is 10.4 Å². The van der Waals surface area contributed by atoms with Crippen LogP contribution in [0.4, 0.5) is 0 Å². The van der Waals surface area contributed by atoms with Gasteiger partial charge < -0.3 is 4.90 Å². The monoisotopic (exact) mass is 218 g/mol. The molecule has 1 aromatic heterocycles. The predicted octanol–water partition coefficient (Wildman–Crippen LogP) is 1.50. The zero-order valence-electron chi connectivity index (χ0n) is 10.4. The van der Waals surface area contributed by atoms with E-state index >= 15 is 0 Å². The summed E-state index contributed by atoms with van der Waals surface area (Å²) in [5.74, 6) is 0. The van der Waals surface area contributed by atoms with E-state index < -0.39 is 0 Å². The first-order valence-electron chi connectivity index (χ1n) is 5.63. The van der Waals surface area contributed by atoms with Crippen molar-refractivity contribution < 1.29 is 0 Å². The molecular formula is C12H18N4. The van der Waals surface area contributed by atoms with Gasteiger partial charge in [-0.1, -0.05) is 0 Å². The Morgan fingerprint density at radius 1 is 1.38 bits per heavy atom. The molecule has 2 rings (SSSR count). The Labute approximate surface area is 96.5 Å². The maximum absolute atomic E-state index is 9.27. The largest absolute Gasteiger partial charge is 0.300 e. The second-order valence-corrected chi connectivity index (χ2v) is 5.46. The van der Waals surface area contributed by atoms with Gasteiger partial charge in [-0.3, -0.25) is 0 Å². The molecular weight excluding hydrogens is 200 g/mol. The molecule has 0 amide bonds. The number of hydrogen-bond donors (Lipinski definition) is 0. The fourth-order valence-electron chi connectivity index (χ4n) is 2.12. The highest BCUT2D eigenvalue weighted by molar-refractivity contribution is 5.37. The minimum atomic E-state index is -0.124. The molecule has 0 bridgehead atoms. The van der Waals surface area contributed by atoms with Crippen molar-refractivity contribution in [2.75, 3.05) is 13.6 Å². The van der Waals surface area contributed by atoms with E-state index in [-0.39, 0.29) is 5.54 Å². The highest BCUT2D eigenvalue weighted by Crippen LogP contribution is 2.25. The molecule has 0 saturated heterocycles. The molecule has 0 fully saturated rings. The second kappa shape index (κ2) is 3.60. The summed E-state index contributed by atoms with van der Waals surface area (Å²) in [6, 6.07) is 2.31. The first kappa shape index (κ1) is 11.2. The average molecular weight is 218 g/mol. The van der Waals surface area contributed by atoms with Gasteiger partial charge in [0.2, 0.25) is 0 Å². The van der Waals surface area contributed by atoms with Crippen LogP contribution < -0.4 is 0 Å². The molecule has 1 aliphatic heterocycles. The second-order valence-electron chi connectivity index (χ2n) is 5.46. The average Bonchev–Trinajstić information content (AvgIpc) is 2.54. The van der Waals surface area contributed by atoms with Crippen LogP contribution in [-0.4, -0.2) is 28.3 Å². The number of fused-ring (bicyclic) bond motifs is 1. The van der Waals surface area contributed by atoms with Crippen LogP contribution in [0.2, 0.25) is 0 Å². The smallest absolute Gasteiger partial charge is 0.142 e. The highest BCUT2D eigenvalue weighted by atomic mass is 15.3. The van der Waals surface area contributed by atoms with Gasteiger partial charge >= 0.3 is 0 Å². The van der Waals surface area contributed by atoms with Gasteiger partial charge in [0.05, 0.1) is 11.2 Å². The molecule has 0 spiro atoms. The van der Waals surface area contributed by atoms with Crippen molar-refractivity contribution in [2.45, 2.75) is 39.3 Å². The SMILES string of the molecule is CN1CCc2c(nn(C(C)(C)C)c2C#N)C1. The van der Waals surface area contributed by atoms with Crippen LogP contribution >= 0.6 is 0 Å². The van der Waals surface area contributed by atoms with Crippen molar-refractivity contribution >= 4 is 0 Å². The van der Waals surface area contributed by atoms with Gasteiger partial charge in [0.15, 0.2) is 0 Å². The molecule has 0 saturated carbocycles. The van der Waals surface area contributed by atoms with E-state index in [1.807, 2.05) is 4.68 Å². The van der Waals surface area contributed by atoms with Crippen LogP contribution in [0.3, 0.4) is 0 Å². The Hall–Kier alpha value is -1.34. The molecule has 2 heterocycles. The molecule has 0 N–H and O–H groups in total. The quantitative estimate of drug-likeness (QED) is 0.663. The first-order chi connectivity index (χ1) is 7.43. The third-order valence-corrected chi connectivity index (χ3v) is 2.97. The zero-order chi connectivity index (χ0) is 11.9. The molecule has 0 unspecified atom stereocenters. The molecule has 4 nitrogen and oxygen atoms in total. The molecule has 16 heavy (non-hydrogen) atoms. The summed E-state index contributed by atoms with van der Waals surface area (Å²) >= 11 is 0. The zero-order valence-corrected chi connectivity index (χ0v) is 10.4. The van der Waals surface area contributed by atoms with Crippen molar-refractivity contribution in [3.63, 3.8) is 0 Å². The molecule has 86 valence electrons. The first-order valence-corrected chi connectivity index (χ1v) is 5.63. The summed E-state index contributed by atoms with van der Waals surface area (Å²) in [5, 5.41) is 13.9. The Balaban J connectivity index is 2.54. The van der Waals surface area contributed by atoms with Gasteiger partial charge in [0.25, 0.3) is 0 Å². The summed E-state index contributed by atoms with van der Waals surface area (Å²) in [6.45, 7) is 8.10. The summed E-state index contributed by atoms with van der Waals surface area (Å²) in [7, 11) is 2.09. The molecule has 4 heteroatoms. The summed E-state index contributed by atoms with van der Waals surface area (Å²) < 4.78 is 1.87. The minimum absolute atomic E-state index is 0.124. The van der Waals surface area contributed by atoms with Crippen molar-refractivity contribution in [3.05, 3.63) is 17.0 Å². The Kier molecular flexibility index (Phi) is 2.51. The van der Waals surface area contributed by atoms with Crippen LogP contribution in [0.25, 0.3) is 0 Å². The van der Waals surface area contributed by atoms with Crippen LogP contribution in [0.1, 0.15) is 37.7 Å². The summed E-state index contributed by atoms with van der Waals surface area (Å²) in [6.07, 6.45) is 0.935. The number of likely N-dealkylation sites (N-methyl/N-ethyl adjacent to an activating group) is 1. The predicted molar refractivity (Wildman–Crippen MR) is 62.0 cm³/mol. The molecule has 0 aromatic carbocycles. The lowest BCUT2D eigenvalue weighted by Gasteiger charge is -2.20. The molecule has 0 aliphatic carbocycles. The Bertz CT molecular complexity index is 445. The number of nitriles is 1. The standard InChI is InChI=1S/C12H18N4/c1-12(2,3)16-11(7-13)9-5-6-15(4)8-10(9)14-16/h5-6,8H2,1-4H3. The van der Waals surface area contributed by atoms with Crippen molar-refractivity contribution in [1.82, 2.24) is 14.7 Å². The molecule has 0 atom stereocenters. The van der Waals surface area contributed by atoms with E-state index in [0.717, 1.165) is 36.5 Å². The van der Waals surface area contributed by atoms with Crippen molar-refractivity contribution in [2.24, 2.45) is 0 Å². The van der Waals surface area contributed by atoms with Crippen LogP contribution in [0, 0.1) is 11.3 Å². The van der Waals surface area contributed by atoms with E-state index in [1.54, 1.807) is 0 Å². The topological polar surface area (TPSA) is 44.9 Å². The maximum atomic E-state index is 9.27. The fraction of sp³-hybridized carbons (Fsp3) is 0.667. The van der Waals surface area contributed by atoms with Crippen molar-refractivity contribution in [1.29, 1.82) is 5.26 Å². The van der Waals surface area contributed by atoms with Crippen molar-refractivity contribution in [3.8, 4) is 6.07 Å². The van der Waals surface area contributed by atoms with Gasteiger partial charge in [-0.25, -0.2) is 4.68 Å². The number of hydrogen-bond acceptors (Lipinski definition) is 3. The summed E-state index contributed by atoms with van der Waals surface area (Å²) in [5.41, 5.74) is 2.84. The lowest BCUT2D eigenvalue weighted by molar-refractivity contribution is 0.303. The lowest BCUT2D eigenvalue weighted by atomic mass is 10.0. The van der Waals surface area contributed by atoms with E-state index in [4.69, 9.17) is 0 Å². The molecule has 1 aromatic rings. The number of aromatic nitrogens is 2.